The molecule has 2 saturated heterocycles. The van der Waals surface area contributed by atoms with E-state index in [1.54, 1.807) is 7.11 Å². The summed E-state index contributed by atoms with van der Waals surface area (Å²) in [6.45, 7) is 8.86. The van der Waals surface area contributed by atoms with Crippen molar-refractivity contribution in [3.8, 4) is 11.5 Å². The summed E-state index contributed by atoms with van der Waals surface area (Å²) >= 11 is 0. The Labute approximate surface area is 195 Å². The first-order chi connectivity index (χ1) is 15.6. The van der Waals surface area contributed by atoms with Crippen LogP contribution in [0.4, 0.5) is 0 Å². The lowest BCUT2D eigenvalue weighted by Crippen LogP contribution is -2.37. The average molecular weight is 448 g/mol. The van der Waals surface area contributed by atoms with E-state index in [4.69, 9.17) is 9.47 Å². The second kappa shape index (κ2) is 14.0. The highest BCUT2D eigenvalue weighted by atomic mass is 16.5. The molecule has 3 rings (SSSR count). The molecule has 0 spiro atoms. The molecule has 0 amide bonds. The van der Waals surface area contributed by atoms with Crippen LogP contribution in [0, 0.1) is 0 Å². The van der Waals surface area contributed by atoms with Gasteiger partial charge in [-0.05, 0) is 96.1 Å². The molecule has 6 heteroatoms. The van der Waals surface area contributed by atoms with Crippen LogP contribution in [0.15, 0.2) is 18.2 Å². The molecule has 182 valence electrons. The van der Waals surface area contributed by atoms with Gasteiger partial charge < -0.3 is 29.3 Å². The van der Waals surface area contributed by atoms with Crippen LogP contribution in [0.3, 0.4) is 0 Å². The maximum Gasteiger partial charge on any atom is 0.161 e. The molecule has 0 aromatic heterocycles. The molecule has 32 heavy (non-hydrogen) atoms. The summed E-state index contributed by atoms with van der Waals surface area (Å²) in [5, 5.41) is 10.6. The van der Waals surface area contributed by atoms with Crippen molar-refractivity contribution >= 4 is 0 Å². The number of ether oxygens (including phenoxy) is 2. The fourth-order valence-corrected chi connectivity index (χ4v) is 4.93. The summed E-state index contributed by atoms with van der Waals surface area (Å²) in [6.07, 6.45) is 9.86. The van der Waals surface area contributed by atoms with Gasteiger partial charge in [-0.3, -0.25) is 0 Å². The average Bonchev–Trinajstić information content (AvgIpc) is 3.28. The largest absolute Gasteiger partial charge is 0.493 e. The number of hydrogen-bond donors (Lipinski definition) is 1. The fraction of sp³-hybridized carbons (Fsp3) is 0.769. The van der Waals surface area contributed by atoms with E-state index in [0.29, 0.717) is 13.2 Å². The number of nitrogens with zero attached hydrogens (tertiary/aromatic N) is 3. The van der Waals surface area contributed by atoms with Gasteiger partial charge in [0.05, 0.1) is 7.11 Å². The van der Waals surface area contributed by atoms with E-state index in [-0.39, 0.29) is 0 Å². The Morgan fingerprint density at radius 1 is 0.938 bits per heavy atom. The summed E-state index contributed by atoms with van der Waals surface area (Å²) < 4.78 is 11.5. The first-order valence-electron chi connectivity index (χ1n) is 12.7. The highest BCUT2D eigenvalue weighted by molar-refractivity contribution is 5.43. The van der Waals surface area contributed by atoms with Gasteiger partial charge in [-0.1, -0.05) is 25.3 Å². The lowest BCUT2D eigenvalue weighted by Gasteiger charge is -2.27. The number of rotatable bonds is 12. The predicted molar refractivity (Wildman–Crippen MR) is 131 cm³/mol. The number of β-amino-alcohol motifs (C(OH)–C–C–N with tert-alkyl or cyclic N) is 1. The minimum atomic E-state index is -0.490. The molecule has 2 fully saturated rings. The monoisotopic (exact) mass is 447 g/mol. The number of hydrogen-bond acceptors (Lipinski definition) is 6. The molecule has 1 aromatic rings. The second-order valence-corrected chi connectivity index (χ2v) is 9.66. The van der Waals surface area contributed by atoms with Crippen LogP contribution in [0.1, 0.15) is 56.9 Å². The van der Waals surface area contributed by atoms with Gasteiger partial charge in [0, 0.05) is 13.1 Å². The van der Waals surface area contributed by atoms with Crippen LogP contribution in [0.25, 0.3) is 0 Å². The number of benzene rings is 1. The highest BCUT2D eigenvalue weighted by Crippen LogP contribution is 2.29. The van der Waals surface area contributed by atoms with E-state index in [1.165, 1.54) is 76.6 Å². The van der Waals surface area contributed by atoms with Gasteiger partial charge in [0.2, 0.25) is 0 Å². The Balaban J connectivity index is 1.44. The van der Waals surface area contributed by atoms with Crippen LogP contribution in [-0.2, 0) is 6.54 Å². The zero-order valence-electron chi connectivity index (χ0n) is 20.4. The van der Waals surface area contributed by atoms with Crippen LogP contribution in [0.5, 0.6) is 11.5 Å². The minimum Gasteiger partial charge on any atom is -0.493 e. The summed E-state index contributed by atoms with van der Waals surface area (Å²) in [6, 6.07) is 6.16. The van der Waals surface area contributed by atoms with Gasteiger partial charge in [-0.15, -0.1) is 0 Å². The lowest BCUT2D eigenvalue weighted by atomic mass is 10.1. The quantitative estimate of drug-likeness (QED) is 0.528. The first-order valence-corrected chi connectivity index (χ1v) is 12.7. The molecule has 0 bridgehead atoms. The van der Waals surface area contributed by atoms with Crippen molar-refractivity contribution in [2.24, 2.45) is 0 Å². The van der Waals surface area contributed by atoms with Crippen molar-refractivity contribution in [3.63, 3.8) is 0 Å². The Hall–Kier alpha value is -1.34. The highest BCUT2D eigenvalue weighted by Gasteiger charge is 2.16. The number of aliphatic hydroxyl groups excluding tert-OH is 1. The molecular formula is C26H45N3O3. The summed E-state index contributed by atoms with van der Waals surface area (Å²) in [4.78, 5) is 7.34. The number of methoxy groups -OCH3 is 1. The molecule has 0 saturated carbocycles. The smallest absolute Gasteiger partial charge is 0.161 e. The van der Waals surface area contributed by atoms with E-state index in [9.17, 15) is 5.11 Å². The lowest BCUT2D eigenvalue weighted by molar-refractivity contribution is 0.0644. The zero-order valence-corrected chi connectivity index (χ0v) is 20.4. The number of likely N-dealkylation sites (tertiary alicyclic amines) is 2. The Morgan fingerprint density at radius 3 is 2.31 bits per heavy atom. The van der Waals surface area contributed by atoms with E-state index < -0.39 is 6.10 Å². The Morgan fingerprint density at radius 2 is 1.59 bits per heavy atom. The van der Waals surface area contributed by atoms with E-state index in [1.807, 2.05) is 6.07 Å². The third kappa shape index (κ3) is 8.89. The van der Waals surface area contributed by atoms with E-state index >= 15 is 0 Å². The maximum atomic E-state index is 10.6. The predicted octanol–water partition coefficient (Wildman–Crippen LogP) is 3.62. The molecule has 1 aromatic carbocycles. The molecule has 2 heterocycles. The summed E-state index contributed by atoms with van der Waals surface area (Å²) in [7, 11) is 3.85. The first kappa shape index (κ1) is 25.3. The van der Waals surface area contributed by atoms with Gasteiger partial charge in [-0.25, -0.2) is 0 Å². The van der Waals surface area contributed by atoms with Crippen molar-refractivity contribution < 1.29 is 14.6 Å². The molecule has 1 atom stereocenters. The van der Waals surface area contributed by atoms with E-state index in [2.05, 4.69) is 33.9 Å². The molecule has 0 aliphatic carbocycles. The van der Waals surface area contributed by atoms with Crippen LogP contribution < -0.4 is 9.47 Å². The van der Waals surface area contributed by atoms with Crippen molar-refractivity contribution in [2.75, 3.05) is 66.6 Å². The molecule has 2 aliphatic rings. The van der Waals surface area contributed by atoms with Gasteiger partial charge in [0.25, 0.3) is 0 Å². The summed E-state index contributed by atoms with van der Waals surface area (Å²) in [5.74, 6) is 1.45. The molecule has 2 aliphatic heterocycles. The maximum absolute atomic E-state index is 10.6. The second-order valence-electron chi connectivity index (χ2n) is 9.66. The third-order valence-corrected chi connectivity index (χ3v) is 6.74. The van der Waals surface area contributed by atoms with Crippen LogP contribution in [-0.4, -0.2) is 92.5 Å². The fourth-order valence-electron chi connectivity index (χ4n) is 4.93. The zero-order chi connectivity index (χ0) is 22.6. The van der Waals surface area contributed by atoms with Gasteiger partial charge in [0.15, 0.2) is 11.5 Å². The Kier molecular flexibility index (Phi) is 11.1. The molecule has 1 unspecified atom stereocenters. The number of aliphatic hydroxyl groups is 1. The van der Waals surface area contributed by atoms with Gasteiger partial charge >= 0.3 is 0 Å². The normalized spacial score (nSPS) is 19.6. The van der Waals surface area contributed by atoms with E-state index in [0.717, 1.165) is 37.7 Å². The van der Waals surface area contributed by atoms with Gasteiger partial charge in [-0.2, -0.15) is 0 Å². The minimum absolute atomic E-state index is 0.294. The SMILES string of the molecule is COc1ccc(CN(C)CCCN2CCCC2)cc1OCC(O)CN1CCCCCCC1. The third-order valence-electron chi connectivity index (χ3n) is 6.74. The molecule has 0 radical (unpaired) electrons. The topological polar surface area (TPSA) is 48.4 Å². The molecule has 1 N–H and O–H groups in total. The Bertz CT molecular complexity index is 643. The summed E-state index contributed by atoms with van der Waals surface area (Å²) in [5.41, 5.74) is 1.21. The van der Waals surface area contributed by atoms with Crippen molar-refractivity contribution in [2.45, 2.75) is 64.0 Å². The molecule has 6 nitrogen and oxygen atoms in total. The van der Waals surface area contributed by atoms with Crippen LogP contribution >= 0.6 is 0 Å². The van der Waals surface area contributed by atoms with Crippen molar-refractivity contribution in [1.82, 2.24) is 14.7 Å². The molecular weight excluding hydrogens is 402 g/mol. The van der Waals surface area contributed by atoms with Crippen molar-refractivity contribution in [3.05, 3.63) is 23.8 Å². The van der Waals surface area contributed by atoms with Crippen molar-refractivity contribution in [1.29, 1.82) is 0 Å². The van der Waals surface area contributed by atoms with Gasteiger partial charge in [0.1, 0.15) is 12.7 Å². The standard InChI is InChI=1S/C26H45N3O3/c1-27(13-10-18-28-14-8-9-15-28)20-23-11-12-25(31-2)26(19-23)32-22-24(30)21-29-16-6-4-3-5-7-17-29/h11-12,19,24,30H,3-10,13-18,20-22H2,1-2H3. The van der Waals surface area contributed by atoms with Crippen LogP contribution in [0.2, 0.25) is 0 Å².